The van der Waals surface area contributed by atoms with Crippen molar-refractivity contribution in [1.29, 1.82) is 0 Å². The van der Waals surface area contributed by atoms with Crippen molar-refractivity contribution in [2.45, 2.75) is 25.4 Å². The Bertz CT molecular complexity index is 1200. The lowest BCUT2D eigenvalue weighted by Gasteiger charge is -2.42. The molecule has 0 radical (unpaired) electrons. The van der Waals surface area contributed by atoms with Crippen LogP contribution in [-0.4, -0.2) is 43.5 Å². The molecule has 2 aliphatic rings. The molecule has 0 aliphatic heterocycles. The first kappa shape index (κ1) is 19.4. The van der Waals surface area contributed by atoms with E-state index in [-0.39, 0.29) is 29.5 Å². The molecule has 0 heterocycles. The molecule has 29 heavy (non-hydrogen) atoms. The van der Waals surface area contributed by atoms with Crippen molar-refractivity contribution in [3.8, 4) is 11.5 Å². The van der Waals surface area contributed by atoms with Gasteiger partial charge in [0.15, 0.2) is 11.4 Å². The number of benzene rings is 2. The van der Waals surface area contributed by atoms with Crippen molar-refractivity contribution in [1.82, 2.24) is 0 Å². The first-order valence-electron chi connectivity index (χ1n) is 8.71. The molecule has 6 N–H and O–H groups in total. The smallest absolute Gasteiger partial charge is 0.255 e. The van der Waals surface area contributed by atoms with Crippen molar-refractivity contribution in [2.75, 3.05) is 0 Å². The number of primary amides is 1. The molecular formula is C20H16BrNO7. The lowest BCUT2D eigenvalue weighted by Crippen LogP contribution is -2.56. The molecule has 0 fully saturated rings. The molecule has 9 heteroatoms. The number of carbonyl (C=O) groups excluding carboxylic acids is 3. The number of halogens is 1. The van der Waals surface area contributed by atoms with Crippen molar-refractivity contribution < 1.29 is 34.8 Å². The monoisotopic (exact) mass is 461 g/mol. The average molecular weight is 462 g/mol. The fourth-order valence-electron chi connectivity index (χ4n) is 4.43. The van der Waals surface area contributed by atoms with Gasteiger partial charge >= 0.3 is 0 Å². The molecule has 0 aromatic heterocycles. The summed E-state index contributed by atoms with van der Waals surface area (Å²) >= 11 is 3.16. The van der Waals surface area contributed by atoms with Crippen LogP contribution in [0, 0.1) is 12.8 Å². The number of phenols is 2. The number of aryl methyl sites for hydroxylation is 1. The van der Waals surface area contributed by atoms with E-state index in [0.717, 1.165) is 0 Å². The molecule has 0 bridgehead atoms. The summed E-state index contributed by atoms with van der Waals surface area (Å²) in [4.78, 5) is 37.2. The van der Waals surface area contributed by atoms with E-state index in [1.54, 1.807) is 19.1 Å². The number of amides is 1. The lowest BCUT2D eigenvalue weighted by atomic mass is 9.63. The Balaban J connectivity index is 2.08. The fourth-order valence-corrected chi connectivity index (χ4v) is 4.76. The Morgan fingerprint density at radius 1 is 1.17 bits per heavy atom. The van der Waals surface area contributed by atoms with Gasteiger partial charge in [-0.1, -0.05) is 6.07 Å². The molecule has 2 aliphatic carbocycles. The number of carbonyl (C=O) groups is 3. The Labute approximate surface area is 172 Å². The topological polar surface area (TPSA) is 158 Å². The van der Waals surface area contributed by atoms with E-state index in [1.165, 1.54) is 0 Å². The number of phenolic OH excluding ortho intramolecular Hbond substituents is 2. The first-order chi connectivity index (χ1) is 13.5. The highest BCUT2D eigenvalue weighted by molar-refractivity contribution is 9.10. The molecule has 2 atom stereocenters. The van der Waals surface area contributed by atoms with E-state index in [4.69, 9.17) is 5.73 Å². The highest BCUT2D eigenvalue weighted by atomic mass is 79.9. The molecule has 8 nitrogen and oxygen atoms in total. The van der Waals surface area contributed by atoms with E-state index in [0.29, 0.717) is 21.0 Å². The molecule has 1 amide bonds. The maximum Gasteiger partial charge on any atom is 0.255 e. The standard InChI is InChI=1S/C20H16BrNO7/c1-6-8-2-3-10(21)15(24)12(8)16(25)13-9(6)4-7-5-11(23)14(19(22)28)18(27)20(7,29)17(13)26/h2-3,7,24-25,27,29H,4-5H2,1H3,(H2,22,28)/t7-,20-/m1/s1. The zero-order valence-electron chi connectivity index (χ0n) is 15.1. The fraction of sp³-hybridized carbons (Fsp3) is 0.250. The Kier molecular flexibility index (Phi) is 4.04. The van der Waals surface area contributed by atoms with Gasteiger partial charge in [0.1, 0.15) is 22.8 Å². The maximum atomic E-state index is 13.3. The van der Waals surface area contributed by atoms with Crippen molar-refractivity contribution in [3.63, 3.8) is 0 Å². The number of fused-ring (bicyclic) bond motifs is 3. The van der Waals surface area contributed by atoms with E-state index in [9.17, 15) is 34.8 Å². The number of rotatable bonds is 1. The highest BCUT2D eigenvalue weighted by Crippen LogP contribution is 2.50. The number of ketones is 2. The van der Waals surface area contributed by atoms with Crippen molar-refractivity contribution in [3.05, 3.63) is 44.6 Å². The molecule has 2 aromatic rings. The summed E-state index contributed by atoms with van der Waals surface area (Å²) in [6, 6.07) is 3.25. The summed E-state index contributed by atoms with van der Waals surface area (Å²) in [5.74, 6) is -6.04. The number of hydrogen-bond acceptors (Lipinski definition) is 7. The van der Waals surface area contributed by atoms with Crippen molar-refractivity contribution >= 4 is 44.2 Å². The minimum absolute atomic E-state index is 0.00836. The summed E-state index contributed by atoms with van der Waals surface area (Å²) in [6.45, 7) is 1.70. The normalized spacial score (nSPS) is 23.9. The van der Waals surface area contributed by atoms with Gasteiger partial charge in [-0.3, -0.25) is 14.4 Å². The summed E-state index contributed by atoms with van der Waals surface area (Å²) in [7, 11) is 0. The first-order valence-corrected chi connectivity index (χ1v) is 9.50. The third-order valence-corrected chi connectivity index (χ3v) is 6.57. The predicted octanol–water partition coefficient (Wildman–Crippen LogP) is 1.68. The van der Waals surface area contributed by atoms with Crippen LogP contribution in [0.25, 0.3) is 10.8 Å². The summed E-state index contributed by atoms with van der Waals surface area (Å²) in [5.41, 5.74) is 2.47. The lowest BCUT2D eigenvalue weighted by molar-refractivity contribution is -0.125. The largest absolute Gasteiger partial charge is 0.508 e. The quantitative estimate of drug-likeness (QED) is 0.404. The van der Waals surface area contributed by atoms with E-state index < -0.39 is 46.1 Å². The van der Waals surface area contributed by atoms with Crippen LogP contribution < -0.4 is 5.73 Å². The van der Waals surface area contributed by atoms with Gasteiger partial charge in [0.05, 0.1) is 15.4 Å². The van der Waals surface area contributed by atoms with E-state index >= 15 is 0 Å². The zero-order valence-corrected chi connectivity index (χ0v) is 16.7. The second-order valence-corrected chi connectivity index (χ2v) is 8.21. The summed E-state index contributed by atoms with van der Waals surface area (Å²) < 4.78 is 0.293. The summed E-state index contributed by atoms with van der Waals surface area (Å²) in [5, 5.41) is 43.4. The molecular weight excluding hydrogens is 446 g/mol. The number of Topliss-reactive ketones (excluding diaryl/α,β-unsaturated/α-hetero) is 2. The average Bonchev–Trinajstić information content (AvgIpc) is 2.64. The Hall–Kier alpha value is -2.91. The highest BCUT2D eigenvalue weighted by Gasteiger charge is 2.58. The minimum Gasteiger partial charge on any atom is -0.508 e. The van der Waals surface area contributed by atoms with E-state index in [1.807, 2.05) is 0 Å². The second kappa shape index (κ2) is 6.04. The summed E-state index contributed by atoms with van der Waals surface area (Å²) in [6.07, 6.45) is -0.376. The maximum absolute atomic E-state index is 13.3. The van der Waals surface area contributed by atoms with Gasteiger partial charge in [-0.2, -0.15) is 0 Å². The van der Waals surface area contributed by atoms with Gasteiger partial charge in [-0.15, -0.1) is 0 Å². The molecule has 4 rings (SSSR count). The van der Waals surface area contributed by atoms with Gasteiger partial charge in [0.2, 0.25) is 5.78 Å². The molecule has 0 unspecified atom stereocenters. The number of aromatic hydroxyl groups is 2. The number of aliphatic hydroxyl groups excluding tert-OH is 1. The molecule has 2 aromatic carbocycles. The van der Waals surface area contributed by atoms with Gasteiger partial charge in [-0.25, -0.2) is 0 Å². The van der Waals surface area contributed by atoms with Crippen molar-refractivity contribution in [2.24, 2.45) is 11.7 Å². The van der Waals surface area contributed by atoms with Crippen LogP contribution in [0.3, 0.4) is 0 Å². The Morgan fingerprint density at radius 3 is 2.45 bits per heavy atom. The number of aliphatic hydroxyl groups is 2. The van der Waals surface area contributed by atoms with Crippen LogP contribution in [0.5, 0.6) is 11.5 Å². The third kappa shape index (κ3) is 2.31. The minimum atomic E-state index is -2.58. The van der Waals surface area contributed by atoms with Gasteiger partial charge in [0.25, 0.3) is 5.91 Å². The molecule has 0 saturated carbocycles. The number of hydrogen-bond donors (Lipinski definition) is 5. The molecule has 0 saturated heterocycles. The van der Waals surface area contributed by atoms with Crippen LogP contribution in [0.15, 0.2) is 27.9 Å². The SMILES string of the molecule is Cc1c2c(c(O)c3c(O)c(Br)ccc13)C(=O)[C@@]1(O)C(O)=C(C(N)=O)C(=O)C[C@H]1C2. The van der Waals surface area contributed by atoms with Gasteiger partial charge in [-0.05, 0) is 51.9 Å². The van der Waals surface area contributed by atoms with Crippen LogP contribution in [0.2, 0.25) is 0 Å². The van der Waals surface area contributed by atoms with Gasteiger partial charge < -0.3 is 26.2 Å². The van der Waals surface area contributed by atoms with Crippen LogP contribution in [0.1, 0.15) is 27.9 Å². The number of nitrogens with two attached hydrogens (primary N) is 1. The van der Waals surface area contributed by atoms with Gasteiger partial charge in [0, 0.05) is 12.3 Å². The van der Waals surface area contributed by atoms with Crippen LogP contribution >= 0.6 is 15.9 Å². The zero-order chi connectivity index (χ0) is 21.4. The Morgan fingerprint density at radius 2 is 1.83 bits per heavy atom. The molecule has 150 valence electrons. The third-order valence-electron chi connectivity index (χ3n) is 5.93. The van der Waals surface area contributed by atoms with E-state index in [2.05, 4.69) is 15.9 Å². The molecule has 0 spiro atoms. The van der Waals surface area contributed by atoms with Crippen LogP contribution in [-0.2, 0) is 16.0 Å². The predicted molar refractivity (Wildman–Crippen MR) is 105 cm³/mol. The second-order valence-electron chi connectivity index (χ2n) is 7.36. The van der Waals surface area contributed by atoms with Crippen LogP contribution in [0.4, 0.5) is 0 Å².